The van der Waals surface area contributed by atoms with E-state index in [1.165, 1.54) is 11.1 Å². The summed E-state index contributed by atoms with van der Waals surface area (Å²) in [6.45, 7) is 11.6. The molecule has 0 spiro atoms. The molecule has 0 bridgehead atoms. The zero-order valence-electron chi connectivity index (χ0n) is 22.1. The average molecular weight is 483 g/mol. The van der Waals surface area contributed by atoms with Crippen LogP contribution < -0.4 is 0 Å². The lowest BCUT2D eigenvalue weighted by atomic mass is 9.88. The second-order valence-corrected chi connectivity index (χ2v) is 11.3. The Kier molecular flexibility index (Phi) is 8.17. The van der Waals surface area contributed by atoms with Gasteiger partial charge in [0.2, 0.25) is 5.91 Å². The van der Waals surface area contributed by atoms with E-state index < -0.39 is 0 Å². The molecule has 3 heterocycles. The first-order valence-electron chi connectivity index (χ1n) is 13.1. The van der Waals surface area contributed by atoms with Gasteiger partial charge in [0.05, 0.1) is 18.3 Å². The number of hydrogen-bond acceptors (Lipinski definition) is 4. The molecule has 35 heavy (non-hydrogen) atoms. The van der Waals surface area contributed by atoms with E-state index in [1.807, 2.05) is 4.90 Å². The van der Waals surface area contributed by atoms with Crippen molar-refractivity contribution in [1.29, 1.82) is 0 Å². The molecule has 7 nitrogen and oxygen atoms in total. The number of rotatable bonds is 9. The van der Waals surface area contributed by atoms with Crippen molar-refractivity contribution < 1.29 is 14.3 Å². The lowest BCUT2D eigenvalue weighted by Crippen LogP contribution is -2.44. The second kappa shape index (κ2) is 11.1. The number of carbonyl (C=O) groups is 1. The quantitative estimate of drug-likeness (QED) is 0.531. The molecule has 1 amide bonds. The lowest BCUT2D eigenvalue weighted by molar-refractivity contribution is -0.135. The number of aromatic nitrogens is 3. The number of nitrogens with one attached hydrogen (secondary N) is 2. The molecule has 4 rings (SSSR count). The van der Waals surface area contributed by atoms with Crippen LogP contribution in [0.25, 0.3) is 17.5 Å². The minimum absolute atomic E-state index is 0.0257. The monoisotopic (exact) mass is 482 g/mol. The fourth-order valence-corrected chi connectivity index (χ4v) is 5.13. The van der Waals surface area contributed by atoms with Crippen LogP contribution in [0.15, 0.2) is 12.1 Å². The number of H-pyrrole nitrogens is 2. The number of hydrogen-bond donors (Lipinski definition) is 2. The van der Waals surface area contributed by atoms with Gasteiger partial charge in [0.15, 0.2) is 0 Å². The standard InChI is InChI=1S/C28H42N4O3/c1-19-23(8-11-28(2,3)4)27(31-30-19)25-17-21-6-7-22(18-24(21)29-25)32(12-15-34-5)26(33)16-20-9-13-35-14-10-20/h6-7,17,20,22,29H,8-16,18H2,1-5H3,(H,30,31). The number of amides is 1. The highest BCUT2D eigenvalue weighted by Crippen LogP contribution is 2.32. The fourth-order valence-electron chi connectivity index (χ4n) is 5.13. The number of nitrogens with zero attached hydrogens (tertiary/aromatic N) is 2. The molecule has 0 aromatic carbocycles. The molecule has 1 atom stereocenters. The summed E-state index contributed by atoms with van der Waals surface area (Å²) < 4.78 is 10.8. The van der Waals surface area contributed by atoms with Crippen LogP contribution in [0.1, 0.15) is 69.0 Å². The molecular weight excluding hydrogens is 440 g/mol. The number of aromatic amines is 2. The van der Waals surface area contributed by atoms with Crippen molar-refractivity contribution in [2.75, 3.05) is 33.5 Å². The Hall–Kier alpha value is -2.38. The first kappa shape index (κ1) is 25.7. The van der Waals surface area contributed by atoms with Gasteiger partial charge in [-0.3, -0.25) is 9.89 Å². The Balaban J connectivity index is 1.50. The van der Waals surface area contributed by atoms with E-state index >= 15 is 0 Å². The Morgan fingerprint density at radius 2 is 2.06 bits per heavy atom. The van der Waals surface area contributed by atoms with Gasteiger partial charge in [-0.2, -0.15) is 5.10 Å². The van der Waals surface area contributed by atoms with E-state index in [9.17, 15) is 4.79 Å². The largest absolute Gasteiger partial charge is 0.383 e. The van der Waals surface area contributed by atoms with Crippen molar-refractivity contribution in [2.45, 2.75) is 72.3 Å². The molecule has 7 heteroatoms. The summed E-state index contributed by atoms with van der Waals surface area (Å²) in [5, 5.41) is 7.84. The first-order valence-corrected chi connectivity index (χ1v) is 13.1. The topological polar surface area (TPSA) is 83.2 Å². The van der Waals surface area contributed by atoms with E-state index in [0.29, 0.717) is 25.5 Å². The number of methoxy groups -OCH3 is 1. The molecule has 2 N–H and O–H groups in total. The molecule has 2 aromatic heterocycles. The van der Waals surface area contributed by atoms with Crippen LogP contribution in [0.4, 0.5) is 0 Å². The molecule has 1 aliphatic carbocycles. The summed E-state index contributed by atoms with van der Waals surface area (Å²) in [5.41, 5.74) is 7.10. The molecule has 192 valence electrons. The zero-order valence-corrected chi connectivity index (χ0v) is 22.1. The maximum atomic E-state index is 13.3. The minimum Gasteiger partial charge on any atom is -0.383 e. The fraction of sp³-hybridized carbons (Fsp3) is 0.643. The predicted octanol–water partition coefficient (Wildman–Crippen LogP) is 4.92. The molecule has 0 radical (unpaired) electrons. The average Bonchev–Trinajstić information content (AvgIpc) is 3.40. The van der Waals surface area contributed by atoms with Crippen LogP contribution in [0, 0.1) is 18.3 Å². The number of ether oxygens (including phenoxy) is 2. The number of fused-ring (bicyclic) bond motifs is 1. The van der Waals surface area contributed by atoms with E-state index in [1.54, 1.807) is 7.11 Å². The Morgan fingerprint density at radius 3 is 2.77 bits per heavy atom. The number of aryl methyl sites for hydroxylation is 1. The number of carbonyl (C=O) groups excluding carboxylic acids is 1. The van der Waals surface area contributed by atoms with Crippen LogP contribution in [0.3, 0.4) is 0 Å². The van der Waals surface area contributed by atoms with Crippen LogP contribution in [0.5, 0.6) is 0 Å². The Morgan fingerprint density at radius 1 is 1.29 bits per heavy atom. The van der Waals surface area contributed by atoms with Gasteiger partial charge in [0.1, 0.15) is 5.69 Å². The third-order valence-electron chi connectivity index (χ3n) is 7.36. The van der Waals surface area contributed by atoms with Crippen molar-refractivity contribution >= 4 is 12.0 Å². The highest BCUT2D eigenvalue weighted by atomic mass is 16.5. The summed E-state index contributed by atoms with van der Waals surface area (Å²) in [6, 6.07) is 2.22. The van der Waals surface area contributed by atoms with E-state index in [-0.39, 0.29) is 17.4 Å². The SMILES string of the molecule is COCCN(C(=O)CC1CCOCC1)C1C=Cc2cc(-c3n[nH]c(C)c3CCC(C)(C)C)[nH]c2C1. The molecule has 1 saturated heterocycles. The van der Waals surface area contributed by atoms with Crippen molar-refractivity contribution in [3.8, 4) is 11.4 Å². The summed E-state index contributed by atoms with van der Waals surface area (Å²) in [4.78, 5) is 19.0. The highest BCUT2D eigenvalue weighted by molar-refractivity contribution is 5.78. The van der Waals surface area contributed by atoms with Gasteiger partial charge < -0.3 is 19.4 Å². The molecule has 1 aliphatic heterocycles. The van der Waals surface area contributed by atoms with Gasteiger partial charge in [-0.05, 0) is 55.6 Å². The maximum Gasteiger partial charge on any atom is 0.223 e. The molecular formula is C28H42N4O3. The van der Waals surface area contributed by atoms with Gasteiger partial charge in [0.25, 0.3) is 0 Å². The van der Waals surface area contributed by atoms with Gasteiger partial charge >= 0.3 is 0 Å². The van der Waals surface area contributed by atoms with Crippen molar-refractivity contribution in [3.63, 3.8) is 0 Å². The van der Waals surface area contributed by atoms with Crippen LogP contribution >= 0.6 is 0 Å². The van der Waals surface area contributed by atoms with E-state index in [2.05, 4.69) is 61.1 Å². The highest BCUT2D eigenvalue weighted by Gasteiger charge is 2.29. The van der Waals surface area contributed by atoms with Crippen LogP contribution in [-0.4, -0.2) is 65.5 Å². The zero-order chi connectivity index (χ0) is 25.0. The molecule has 1 unspecified atom stereocenters. The summed E-state index contributed by atoms with van der Waals surface area (Å²) in [6.07, 6.45) is 9.72. The van der Waals surface area contributed by atoms with Gasteiger partial charge in [-0.15, -0.1) is 0 Å². The normalized spacial score (nSPS) is 18.6. The van der Waals surface area contributed by atoms with E-state index in [0.717, 1.165) is 68.1 Å². The van der Waals surface area contributed by atoms with Crippen LogP contribution in [0.2, 0.25) is 0 Å². The van der Waals surface area contributed by atoms with Crippen LogP contribution in [-0.2, 0) is 27.1 Å². The van der Waals surface area contributed by atoms with Crippen molar-refractivity contribution in [2.24, 2.45) is 11.3 Å². The van der Waals surface area contributed by atoms with Crippen molar-refractivity contribution in [3.05, 3.63) is 34.7 Å². The Bertz CT molecular complexity index is 1020. The Labute approximate surface area is 209 Å². The minimum atomic E-state index is 0.0257. The predicted molar refractivity (Wildman–Crippen MR) is 139 cm³/mol. The summed E-state index contributed by atoms with van der Waals surface area (Å²) >= 11 is 0. The lowest BCUT2D eigenvalue weighted by Gasteiger charge is -2.33. The van der Waals surface area contributed by atoms with E-state index in [4.69, 9.17) is 9.47 Å². The molecule has 0 saturated carbocycles. The molecule has 1 fully saturated rings. The summed E-state index contributed by atoms with van der Waals surface area (Å²) in [7, 11) is 1.69. The first-order chi connectivity index (χ1) is 16.7. The van der Waals surface area contributed by atoms with Gasteiger partial charge in [-0.25, -0.2) is 0 Å². The molecule has 2 aromatic rings. The maximum absolute atomic E-state index is 13.3. The smallest absolute Gasteiger partial charge is 0.223 e. The summed E-state index contributed by atoms with van der Waals surface area (Å²) in [5.74, 6) is 0.627. The third-order valence-corrected chi connectivity index (χ3v) is 7.36. The van der Waals surface area contributed by atoms with Crippen molar-refractivity contribution in [1.82, 2.24) is 20.1 Å². The third kappa shape index (κ3) is 6.44. The molecule has 2 aliphatic rings. The van der Waals surface area contributed by atoms with Gasteiger partial charge in [-0.1, -0.05) is 32.9 Å². The second-order valence-electron chi connectivity index (χ2n) is 11.3. The van der Waals surface area contributed by atoms with Gasteiger partial charge in [0, 0.05) is 56.7 Å².